The van der Waals surface area contributed by atoms with E-state index in [1.807, 2.05) is 20.8 Å². The maximum atomic E-state index is 5.95. The fourth-order valence-electron chi connectivity index (χ4n) is 2.20. The minimum atomic E-state index is -2.60. The van der Waals surface area contributed by atoms with Crippen molar-refractivity contribution in [3.63, 3.8) is 0 Å². The molecule has 0 spiro atoms. The van der Waals surface area contributed by atoms with Gasteiger partial charge in [-0.15, -0.1) is 0 Å². The fraction of sp³-hybridized carbons (Fsp3) is 1.00. The number of unbranched alkanes of at least 4 members (excludes halogenated alkanes) is 2. The molecule has 1 atom stereocenters. The highest BCUT2D eigenvalue weighted by Gasteiger charge is 2.48. The Balaban J connectivity index is 4.62. The van der Waals surface area contributed by atoms with Crippen LogP contribution in [-0.4, -0.2) is 40.8 Å². The van der Waals surface area contributed by atoms with E-state index in [9.17, 15) is 0 Å². The lowest BCUT2D eigenvalue weighted by molar-refractivity contribution is 0.0573. The molecule has 4 nitrogen and oxygen atoms in total. The molecule has 0 fully saturated rings. The Morgan fingerprint density at radius 1 is 0.842 bits per heavy atom. The maximum Gasteiger partial charge on any atom is 0.518 e. The van der Waals surface area contributed by atoms with Crippen molar-refractivity contribution in [2.45, 2.75) is 66.0 Å². The third-order valence-corrected chi connectivity index (χ3v) is 6.58. The first-order chi connectivity index (χ1) is 9.20. The molecule has 0 aromatic heterocycles. The Labute approximate surface area is 120 Å². The lowest BCUT2D eigenvalue weighted by atomic mass is 10.2. The highest BCUT2D eigenvalue weighted by Crippen LogP contribution is 2.18. The third-order valence-electron chi connectivity index (χ3n) is 3.04. The van der Waals surface area contributed by atoms with Gasteiger partial charge in [0.1, 0.15) is 0 Å². The Morgan fingerprint density at radius 3 is 1.74 bits per heavy atom. The van der Waals surface area contributed by atoms with Crippen molar-refractivity contribution in [1.82, 2.24) is 5.32 Å². The van der Waals surface area contributed by atoms with Gasteiger partial charge in [-0.2, -0.15) is 0 Å². The standard InChI is InChI=1S/C14H33NO3Si/c1-6-11-12-13-15-14(7-2)19(16-8-3,17-9-4)18-10-5/h14-15H,6-13H2,1-5H3. The van der Waals surface area contributed by atoms with E-state index in [1.165, 1.54) is 19.3 Å². The molecule has 0 amide bonds. The van der Waals surface area contributed by atoms with E-state index in [2.05, 4.69) is 19.2 Å². The van der Waals surface area contributed by atoms with Gasteiger partial charge in [-0.1, -0.05) is 26.7 Å². The normalized spacial score (nSPS) is 13.7. The van der Waals surface area contributed by atoms with E-state index >= 15 is 0 Å². The van der Waals surface area contributed by atoms with Crippen LogP contribution < -0.4 is 5.32 Å². The van der Waals surface area contributed by atoms with Crippen molar-refractivity contribution < 1.29 is 13.3 Å². The number of hydrogen-bond donors (Lipinski definition) is 1. The van der Waals surface area contributed by atoms with Crippen LogP contribution in [0.4, 0.5) is 0 Å². The molecule has 0 radical (unpaired) electrons. The first-order valence-electron chi connectivity index (χ1n) is 7.85. The van der Waals surface area contributed by atoms with Crippen LogP contribution in [0.3, 0.4) is 0 Å². The predicted octanol–water partition coefficient (Wildman–Crippen LogP) is 3.13. The molecule has 0 heterocycles. The minimum absolute atomic E-state index is 0.198. The van der Waals surface area contributed by atoms with Gasteiger partial charge in [0.2, 0.25) is 0 Å². The molecule has 0 aliphatic rings. The zero-order valence-corrected chi connectivity index (χ0v) is 14.5. The molecular weight excluding hydrogens is 258 g/mol. The Bertz CT molecular complexity index is 188. The summed E-state index contributed by atoms with van der Waals surface area (Å²) in [5, 5.41) is 3.59. The zero-order valence-electron chi connectivity index (χ0n) is 13.5. The average Bonchev–Trinajstić information content (AvgIpc) is 2.39. The maximum absolute atomic E-state index is 5.95. The van der Waals surface area contributed by atoms with Gasteiger partial charge in [0, 0.05) is 19.8 Å². The fourth-order valence-corrected chi connectivity index (χ4v) is 5.16. The van der Waals surface area contributed by atoms with Gasteiger partial charge < -0.3 is 18.6 Å². The molecule has 0 saturated carbocycles. The highest BCUT2D eigenvalue weighted by molar-refractivity contribution is 6.62. The second-order valence-electron chi connectivity index (χ2n) is 4.52. The van der Waals surface area contributed by atoms with Crippen LogP contribution in [0.15, 0.2) is 0 Å². The lowest BCUT2D eigenvalue weighted by Gasteiger charge is -2.35. The van der Waals surface area contributed by atoms with Crippen LogP contribution in [0.1, 0.15) is 60.3 Å². The van der Waals surface area contributed by atoms with E-state index in [0.29, 0.717) is 19.8 Å². The lowest BCUT2D eigenvalue weighted by Crippen LogP contribution is -2.62. The molecule has 0 bridgehead atoms. The zero-order chi connectivity index (χ0) is 14.6. The van der Waals surface area contributed by atoms with E-state index < -0.39 is 8.80 Å². The van der Waals surface area contributed by atoms with Gasteiger partial charge in [0.15, 0.2) is 0 Å². The molecule has 0 saturated heterocycles. The van der Waals surface area contributed by atoms with E-state index in [-0.39, 0.29) is 5.67 Å². The first-order valence-corrected chi connectivity index (χ1v) is 9.66. The summed E-state index contributed by atoms with van der Waals surface area (Å²) in [4.78, 5) is 0. The van der Waals surface area contributed by atoms with Crippen molar-refractivity contribution in [2.24, 2.45) is 0 Å². The molecule has 0 aliphatic carbocycles. The average molecular weight is 292 g/mol. The molecule has 5 heteroatoms. The summed E-state index contributed by atoms with van der Waals surface area (Å²) in [6.07, 6.45) is 4.67. The second-order valence-corrected chi connectivity index (χ2v) is 7.29. The highest BCUT2D eigenvalue weighted by atomic mass is 28.4. The van der Waals surface area contributed by atoms with Gasteiger partial charge >= 0.3 is 8.80 Å². The largest absolute Gasteiger partial charge is 0.518 e. The molecule has 0 aromatic carbocycles. The van der Waals surface area contributed by atoms with Crippen LogP contribution in [0.2, 0.25) is 0 Å². The van der Waals surface area contributed by atoms with E-state index in [1.54, 1.807) is 0 Å². The molecular formula is C14H33NO3Si. The van der Waals surface area contributed by atoms with Crippen LogP contribution in [0.5, 0.6) is 0 Å². The summed E-state index contributed by atoms with van der Waals surface area (Å²) in [6, 6.07) is 0. The van der Waals surface area contributed by atoms with Crippen molar-refractivity contribution in [3.8, 4) is 0 Å². The van der Waals surface area contributed by atoms with Gasteiger partial charge in [0.25, 0.3) is 0 Å². The quantitative estimate of drug-likeness (QED) is 0.418. The summed E-state index contributed by atoms with van der Waals surface area (Å²) in [5.74, 6) is 0. The molecule has 19 heavy (non-hydrogen) atoms. The van der Waals surface area contributed by atoms with Crippen LogP contribution in [0.25, 0.3) is 0 Å². The third kappa shape index (κ3) is 6.86. The minimum Gasteiger partial charge on any atom is -0.373 e. The molecule has 0 aliphatic heterocycles. The monoisotopic (exact) mass is 291 g/mol. The second kappa shape index (κ2) is 11.8. The molecule has 1 N–H and O–H groups in total. The Morgan fingerprint density at radius 2 is 1.37 bits per heavy atom. The molecule has 116 valence electrons. The number of hydrogen-bond acceptors (Lipinski definition) is 4. The van der Waals surface area contributed by atoms with Crippen molar-refractivity contribution in [1.29, 1.82) is 0 Å². The van der Waals surface area contributed by atoms with Gasteiger partial charge in [-0.05, 0) is 40.2 Å². The van der Waals surface area contributed by atoms with Crippen LogP contribution in [-0.2, 0) is 13.3 Å². The first kappa shape index (κ1) is 19.1. The predicted molar refractivity (Wildman–Crippen MR) is 82.2 cm³/mol. The Kier molecular flexibility index (Phi) is 11.9. The van der Waals surface area contributed by atoms with Gasteiger partial charge in [-0.25, -0.2) is 0 Å². The topological polar surface area (TPSA) is 39.7 Å². The smallest absolute Gasteiger partial charge is 0.373 e. The van der Waals surface area contributed by atoms with Gasteiger partial charge in [0.05, 0.1) is 5.67 Å². The summed E-state index contributed by atoms with van der Waals surface area (Å²) in [7, 11) is -2.60. The Hall–Kier alpha value is 0.0569. The number of rotatable bonds is 13. The summed E-state index contributed by atoms with van der Waals surface area (Å²) in [5.41, 5.74) is 0.198. The van der Waals surface area contributed by atoms with Crippen LogP contribution >= 0.6 is 0 Å². The SMILES string of the molecule is CCCCCNC(CC)[Si](OCC)(OCC)OCC. The molecule has 1 unspecified atom stereocenters. The summed E-state index contributed by atoms with van der Waals surface area (Å²) in [6.45, 7) is 13.3. The summed E-state index contributed by atoms with van der Waals surface area (Å²) < 4.78 is 17.9. The molecule has 0 rings (SSSR count). The molecule has 0 aromatic rings. The van der Waals surface area contributed by atoms with Crippen molar-refractivity contribution in [2.75, 3.05) is 26.4 Å². The van der Waals surface area contributed by atoms with Crippen molar-refractivity contribution >= 4 is 8.80 Å². The van der Waals surface area contributed by atoms with E-state index in [0.717, 1.165) is 13.0 Å². The van der Waals surface area contributed by atoms with E-state index in [4.69, 9.17) is 13.3 Å². The van der Waals surface area contributed by atoms with Gasteiger partial charge in [-0.3, -0.25) is 0 Å². The van der Waals surface area contributed by atoms with Crippen molar-refractivity contribution in [3.05, 3.63) is 0 Å². The summed E-state index contributed by atoms with van der Waals surface area (Å²) >= 11 is 0. The number of nitrogens with one attached hydrogen (secondary N) is 1. The van der Waals surface area contributed by atoms with Crippen LogP contribution in [0, 0.1) is 0 Å².